The van der Waals surface area contributed by atoms with Crippen molar-refractivity contribution in [1.82, 2.24) is 19.7 Å². The lowest BCUT2D eigenvalue weighted by Crippen LogP contribution is -2.34. The molecule has 0 aliphatic heterocycles. The van der Waals surface area contributed by atoms with E-state index in [0.717, 1.165) is 21.4 Å². The summed E-state index contributed by atoms with van der Waals surface area (Å²) < 4.78 is 83.2. The molecule has 3 aromatic carbocycles. The first-order valence-electron chi connectivity index (χ1n) is 11.4. The summed E-state index contributed by atoms with van der Waals surface area (Å²) in [6.45, 7) is -1.83. The first-order valence-corrected chi connectivity index (χ1v) is 11.7. The highest BCUT2D eigenvalue weighted by Crippen LogP contribution is 2.36. The summed E-state index contributed by atoms with van der Waals surface area (Å²) in [4.78, 5) is 25.8. The molecule has 204 valence electrons. The third-order valence-corrected chi connectivity index (χ3v) is 6.07. The second-order valence-corrected chi connectivity index (χ2v) is 8.83. The maximum Gasteiger partial charge on any atom is 0.416 e. The lowest BCUT2D eigenvalue weighted by Gasteiger charge is -2.17. The zero-order chi connectivity index (χ0) is 28.3. The highest BCUT2D eigenvalue weighted by molar-refractivity contribution is 6.30. The van der Waals surface area contributed by atoms with Crippen LogP contribution < -0.4 is 11.0 Å². The minimum atomic E-state index is -4.93. The second kappa shape index (κ2) is 11.4. The van der Waals surface area contributed by atoms with Crippen LogP contribution in [-0.4, -0.2) is 20.3 Å². The summed E-state index contributed by atoms with van der Waals surface area (Å²) in [6.07, 6.45) is -8.14. The van der Waals surface area contributed by atoms with Gasteiger partial charge in [-0.15, -0.1) is 5.10 Å². The van der Waals surface area contributed by atoms with Crippen LogP contribution in [0.15, 0.2) is 71.5 Å². The van der Waals surface area contributed by atoms with Crippen LogP contribution in [0.5, 0.6) is 0 Å². The topological polar surface area (TPSA) is 68.9 Å². The summed E-state index contributed by atoms with van der Waals surface area (Å²) in [6, 6.07) is 14.3. The average molecular weight is 569 g/mol. The molecule has 0 unspecified atom stereocenters. The molecule has 1 N–H and O–H groups in total. The summed E-state index contributed by atoms with van der Waals surface area (Å²) in [5, 5.41) is 6.74. The molecule has 0 radical (unpaired) electrons. The first kappa shape index (κ1) is 28.0. The predicted octanol–water partition coefficient (Wildman–Crippen LogP) is 5.83. The van der Waals surface area contributed by atoms with Crippen molar-refractivity contribution in [3.8, 4) is 11.4 Å². The summed E-state index contributed by atoms with van der Waals surface area (Å²) in [5.74, 6) is -1.45. The number of nitrogens with one attached hydrogen (secondary N) is 1. The Morgan fingerprint density at radius 2 is 1.69 bits per heavy atom. The number of benzene rings is 3. The molecule has 4 aromatic rings. The van der Waals surface area contributed by atoms with E-state index >= 15 is 0 Å². The van der Waals surface area contributed by atoms with Gasteiger partial charge in [-0.3, -0.25) is 9.36 Å². The van der Waals surface area contributed by atoms with Gasteiger partial charge in [0.1, 0.15) is 12.4 Å². The molecule has 0 aliphatic carbocycles. The molecule has 0 fully saturated rings. The van der Waals surface area contributed by atoms with E-state index in [4.69, 9.17) is 11.6 Å². The fraction of sp³-hybridized carbons (Fsp3) is 0.192. The van der Waals surface area contributed by atoms with Crippen molar-refractivity contribution >= 4 is 17.5 Å². The van der Waals surface area contributed by atoms with Crippen molar-refractivity contribution in [1.29, 1.82) is 0 Å². The minimum Gasteiger partial charge on any atom is -0.350 e. The molecule has 6 nitrogen and oxygen atoms in total. The Balaban J connectivity index is 1.63. The van der Waals surface area contributed by atoms with Crippen LogP contribution in [0.4, 0.5) is 26.3 Å². The number of amides is 1. The number of carbonyl (C=O) groups is 1. The molecule has 0 saturated carbocycles. The Bertz CT molecular complexity index is 1550. The number of aromatic nitrogens is 3. The lowest BCUT2D eigenvalue weighted by atomic mass is 10.0. The van der Waals surface area contributed by atoms with E-state index in [0.29, 0.717) is 16.7 Å². The number of rotatable bonds is 8. The Morgan fingerprint density at radius 3 is 2.33 bits per heavy atom. The summed E-state index contributed by atoms with van der Waals surface area (Å²) >= 11 is 5.94. The van der Waals surface area contributed by atoms with Gasteiger partial charge in [0.25, 0.3) is 6.43 Å². The predicted molar refractivity (Wildman–Crippen MR) is 131 cm³/mol. The van der Waals surface area contributed by atoms with Crippen LogP contribution in [0.25, 0.3) is 11.4 Å². The molecule has 0 saturated heterocycles. The molecule has 13 heteroatoms. The van der Waals surface area contributed by atoms with Crippen LogP contribution in [0.2, 0.25) is 5.02 Å². The van der Waals surface area contributed by atoms with Crippen molar-refractivity contribution in [2.75, 3.05) is 0 Å². The number of hydrogen-bond acceptors (Lipinski definition) is 3. The quantitative estimate of drug-likeness (QED) is 0.272. The zero-order valence-electron chi connectivity index (χ0n) is 19.9. The lowest BCUT2D eigenvalue weighted by molar-refractivity contribution is -0.138. The normalized spacial score (nSPS) is 11.7. The van der Waals surface area contributed by atoms with Gasteiger partial charge in [-0.1, -0.05) is 41.9 Å². The van der Waals surface area contributed by atoms with Crippen molar-refractivity contribution in [3.63, 3.8) is 0 Å². The Hall–Kier alpha value is -4.06. The SMILES string of the molecule is O=C(Cn1nc(-c2ccc(Cl)cc2)n(Cc2ccccc2F)c1=O)NCc1c(C(F)F)cccc1C(F)(F)F. The summed E-state index contributed by atoms with van der Waals surface area (Å²) in [7, 11) is 0. The van der Waals surface area contributed by atoms with Crippen LogP contribution >= 0.6 is 11.6 Å². The monoisotopic (exact) mass is 568 g/mol. The smallest absolute Gasteiger partial charge is 0.350 e. The van der Waals surface area contributed by atoms with Gasteiger partial charge in [0.15, 0.2) is 5.82 Å². The van der Waals surface area contributed by atoms with E-state index in [2.05, 4.69) is 10.4 Å². The number of carbonyl (C=O) groups excluding carboxylic acids is 1. The largest absolute Gasteiger partial charge is 0.416 e. The van der Waals surface area contributed by atoms with Gasteiger partial charge >= 0.3 is 11.9 Å². The van der Waals surface area contributed by atoms with Gasteiger partial charge in [0.05, 0.1) is 12.1 Å². The molecular formula is C26H19ClF6N4O2. The highest BCUT2D eigenvalue weighted by Gasteiger charge is 2.35. The molecule has 0 spiro atoms. The van der Waals surface area contributed by atoms with E-state index in [9.17, 15) is 35.9 Å². The van der Waals surface area contributed by atoms with Gasteiger partial charge in [-0.2, -0.15) is 13.2 Å². The summed E-state index contributed by atoms with van der Waals surface area (Å²) in [5.41, 5.74) is -3.18. The third-order valence-electron chi connectivity index (χ3n) is 5.82. The molecule has 39 heavy (non-hydrogen) atoms. The van der Waals surface area contributed by atoms with Crippen molar-refractivity contribution in [2.24, 2.45) is 0 Å². The molecule has 0 bridgehead atoms. The van der Waals surface area contributed by atoms with Crippen LogP contribution in [0.1, 0.15) is 28.7 Å². The fourth-order valence-electron chi connectivity index (χ4n) is 3.95. The molecule has 0 atom stereocenters. The molecular weight excluding hydrogens is 550 g/mol. The highest BCUT2D eigenvalue weighted by atomic mass is 35.5. The number of alkyl halides is 5. The Kier molecular flexibility index (Phi) is 8.14. The van der Waals surface area contributed by atoms with Gasteiger partial charge in [-0.05, 0) is 42.0 Å². The fourth-order valence-corrected chi connectivity index (χ4v) is 4.07. The van der Waals surface area contributed by atoms with Gasteiger partial charge in [-0.25, -0.2) is 22.6 Å². The van der Waals surface area contributed by atoms with E-state index in [1.54, 1.807) is 30.3 Å². The van der Waals surface area contributed by atoms with E-state index in [1.165, 1.54) is 18.2 Å². The average Bonchev–Trinajstić information content (AvgIpc) is 3.18. The second-order valence-electron chi connectivity index (χ2n) is 8.40. The van der Waals surface area contributed by atoms with Crippen LogP contribution in [-0.2, 0) is 30.6 Å². The maximum atomic E-state index is 14.3. The zero-order valence-corrected chi connectivity index (χ0v) is 20.6. The van der Waals surface area contributed by atoms with E-state index in [1.807, 2.05) is 0 Å². The van der Waals surface area contributed by atoms with Crippen molar-refractivity contribution < 1.29 is 31.1 Å². The Morgan fingerprint density at radius 1 is 1.00 bits per heavy atom. The van der Waals surface area contributed by atoms with Crippen LogP contribution in [0.3, 0.4) is 0 Å². The molecule has 1 amide bonds. The number of hydrogen-bond donors (Lipinski definition) is 1. The van der Waals surface area contributed by atoms with Gasteiger partial charge in [0.2, 0.25) is 5.91 Å². The molecule has 0 aliphatic rings. The maximum absolute atomic E-state index is 14.3. The number of halogens is 7. The standard InChI is InChI=1S/C26H19ClF6N4O2/c27-17-10-8-15(9-11-17)24-35-37(25(39)36(24)13-16-4-1-2-7-21(16)28)14-22(38)34-12-19-18(23(29)30)5-3-6-20(19)26(31,32)33/h1-11,23H,12-14H2,(H,34,38). The van der Waals surface area contributed by atoms with Crippen molar-refractivity contribution in [3.05, 3.63) is 110 Å². The molecule has 1 aromatic heterocycles. The molecule has 4 rings (SSSR count). The van der Waals surface area contributed by atoms with Crippen LogP contribution in [0, 0.1) is 5.82 Å². The minimum absolute atomic E-state index is 0.0788. The van der Waals surface area contributed by atoms with Gasteiger partial charge in [0, 0.05) is 28.3 Å². The van der Waals surface area contributed by atoms with Crippen molar-refractivity contribution in [2.45, 2.75) is 32.2 Å². The Labute approximate surface area is 222 Å². The third kappa shape index (κ3) is 6.33. The van der Waals surface area contributed by atoms with Gasteiger partial charge < -0.3 is 5.32 Å². The van der Waals surface area contributed by atoms with E-state index in [-0.39, 0.29) is 17.9 Å². The number of nitrogens with zero attached hydrogens (tertiary/aromatic N) is 3. The molecule has 1 heterocycles. The first-order chi connectivity index (χ1) is 18.5. The van der Waals surface area contributed by atoms with E-state index < -0.39 is 59.8 Å².